The molecule has 0 N–H and O–H groups in total. The number of alkyl halides is 1. The molecule has 1 aromatic carbocycles. The van der Waals surface area contributed by atoms with Crippen molar-refractivity contribution >= 4 is 33.5 Å². The minimum absolute atomic E-state index is 0.137. The highest BCUT2D eigenvalue weighted by Gasteiger charge is 2.11. The van der Waals surface area contributed by atoms with Crippen molar-refractivity contribution in [1.29, 1.82) is 0 Å². The first kappa shape index (κ1) is 10.8. The maximum atomic E-state index is 11.1. The van der Waals surface area contributed by atoms with Gasteiger partial charge in [0, 0.05) is 4.90 Å². The Labute approximate surface area is 91.0 Å². The van der Waals surface area contributed by atoms with Crippen LogP contribution in [0.1, 0.15) is 17.3 Å². The SMILES string of the molecule is CSc1cccc(C(Br)C(C)=O)c1. The molecule has 0 aliphatic heterocycles. The second-order valence-electron chi connectivity index (χ2n) is 2.75. The molecule has 1 unspecified atom stereocenters. The van der Waals surface area contributed by atoms with Crippen molar-refractivity contribution in [2.75, 3.05) is 6.26 Å². The van der Waals surface area contributed by atoms with E-state index in [4.69, 9.17) is 0 Å². The first-order chi connectivity index (χ1) is 6.15. The molecule has 0 bridgehead atoms. The van der Waals surface area contributed by atoms with Crippen LogP contribution in [0, 0.1) is 0 Å². The Morgan fingerprint density at radius 3 is 2.77 bits per heavy atom. The molecular formula is C10H11BrOS. The Hall–Kier alpha value is -0.280. The molecule has 0 aromatic heterocycles. The fourth-order valence-electron chi connectivity index (χ4n) is 1.03. The molecule has 70 valence electrons. The maximum absolute atomic E-state index is 11.1. The van der Waals surface area contributed by atoms with E-state index in [2.05, 4.69) is 15.9 Å². The van der Waals surface area contributed by atoms with Gasteiger partial charge in [0.25, 0.3) is 0 Å². The zero-order chi connectivity index (χ0) is 9.84. The summed E-state index contributed by atoms with van der Waals surface area (Å²) in [4.78, 5) is 12.1. The van der Waals surface area contributed by atoms with Crippen LogP contribution in [0.2, 0.25) is 0 Å². The van der Waals surface area contributed by atoms with Crippen molar-refractivity contribution < 1.29 is 4.79 Å². The number of benzene rings is 1. The predicted octanol–water partition coefficient (Wildman–Crippen LogP) is 3.43. The number of ketones is 1. The Bertz CT molecular complexity index is 312. The van der Waals surface area contributed by atoms with E-state index < -0.39 is 0 Å². The lowest BCUT2D eigenvalue weighted by Gasteiger charge is -2.06. The number of hydrogen-bond acceptors (Lipinski definition) is 2. The molecule has 1 aromatic rings. The maximum Gasteiger partial charge on any atom is 0.147 e. The van der Waals surface area contributed by atoms with Crippen molar-refractivity contribution in [3.63, 3.8) is 0 Å². The van der Waals surface area contributed by atoms with Crippen molar-refractivity contribution in [3.8, 4) is 0 Å². The van der Waals surface area contributed by atoms with Gasteiger partial charge in [0.1, 0.15) is 5.78 Å². The summed E-state index contributed by atoms with van der Waals surface area (Å²) in [5, 5.41) is 0. The van der Waals surface area contributed by atoms with Crippen molar-refractivity contribution in [2.24, 2.45) is 0 Å². The first-order valence-electron chi connectivity index (χ1n) is 3.93. The molecule has 0 saturated carbocycles. The summed E-state index contributed by atoms with van der Waals surface area (Å²) in [5.74, 6) is 0.137. The summed E-state index contributed by atoms with van der Waals surface area (Å²) in [5.41, 5.74) is 1.03. The van der Waals surface area contributed by atoms with Gasteiger partial charge in [-0.1, -0.05) is 28.1 Å². The minimum Gasteiger partial charge on any atom is -0.298 e. The van der Waals surface area contributed by atoms with Gasteiger partial charge in [-0.15, -0.1) is 11.8 Å². The lowest BCUT2D eigenvalue weighted by molar-refractivity contribution is -0.116. The van der Waals surface area contributed by atoms with Gasteiger partial charge in [0.05, 0.1) is 4.83 Å². The predicted molar refractivity (Wildman–Crippen MR) is 60.6 cm³/mol. The first-order valence-corrected chi connectivity index (χ1v) is 6.07. The van der Waals surface area contributed by atoms with Crippen LogP contribution in [0.15, 0.2) is 29.2 Å². The Balaban J connectivity index is 2.94. The summed E-state index contributed by atoms with van der Waals surface area (Å²) in [7, 11) is 0. The Morgan fingerprint density at radius 1 is 1.54 bits per heavy atom. The fourth-order valence-corrected chi connectivity index (χ4v) is 1.79. The van der Waals surface area contributed by atoms with Crippen LogP contribution in [0.4, 0.5) is 0 Å². The summed E-state index contributed by atoms with van der Waals surface area (Å²) < 4.78 is 0. The van der Waals surface area contributed by atoms with Crippen LogP contribution in [0.25, 0.3) is 0 Å². The topological polar surface area (TPSA) is 17.1 Å². The molecule has 0 saturated heterocycles. The van der Waals surface area contributed by atoms with Crippen molar-refractivity contribution in [3.05, 3.63) is 29.8 Å². The number of carbonyl (C=O) groups is 1. The molecule has 0 aliphatic rings. The quantitative estimate of drug-likeness (QED) is 0.611. The van der Waals surface area contributed by atoms with Gasteiger partial charge >= 0.3 is 0 Å². The average molecular weight is 259 g/mol. The number of carbonyl (C=O) groups excluding carboxylic acids is 1. The largest absolute Gasteiger partial charge is 0.298 e. The van der Waals surface area contributed by atoms with E-state index in [0.717, 1.165) is 5.56 Å². The normalized spacial score (nSPS) is 12.5. The van der Waals surface area contributed by atoms with E-state index in [-0.39, 0.29) is 10.6 Å². The highest BCUT2D eigenvalue weighted by atomic mass is 79.9. The van der Waals surface area contributed by atoms with Crippen LogP contribution in [0.3, 0.4) is 0 Å². The second-order valence-corrected chi connectivity index (χ2v) is 4.55. The molecule has 0 spiro atoms. The molecular weight excluding hydrogens is 248 g/mol. The number of thioether (sulfide) groups is 1. The molecule has 0 radical (unpaired) electrons. The number of halogens is 1. The standard InChI is InChI=1S/C10H11BrOS/c1-7(12)10(11)8-4-3-5-9(6-8)13-2/h3-6,10H,1-2H3. The molecule has 13 heavy (non-hydrogen) atoms. The van der Waals surface area contributed by atoms with Crippen LogP contribution in [-0.4, -0.2) is 12.0 Å². The van der Waals surface area contributed by atoms with Gasteiger partial charge in [-0.25, -0.2) is 0 Å². The molecule has 1 nitrogen and oxygen atoms in total. The molecule has 3 heteroatoms. The van der Waals surface area contributed by atoms with E-state index in [0.29, 0.717) is 0 Å². The highest BCUT2D eigenvalue weighted by Crippen LogP contribution is 2.26. The van der Waals surface area contributed by atoms with E-state index in [9.17, 15) is 4.79 Å². The third kappa shape index (κ3) is 2.85. The van der Waals surface area contributed by atoms with Gasteiger partial charge in [0.2, 0.25) is 0 Å². The third-order valence-electron chi connectivity index (χ3n) is 1.74. The molecule has 1 rings (SSSR count). The molecule has 0 amide bonds. The lowest BCUT2D eigenvalue weighted by Crippen LogP contribution is -2.00. The highest BCUT2D eigenvalue weighted by molar-refractivity contribution is 9.09. The molecule has 1 atom stereocenters. The molecule has 0 heterocycles. The van der Waals surface area contributed by atoms with Gasteiger partial charge in [0.15, 0.2) is 0 Å². The lowest BCUT2D eigenvalue weighted by atomic mass is 10.1. The van der Waals surface area contributed by atoms with Crippen LogP contribution >= 0.6 is 27.7 Å². The molecule has 0 aliphatic carbocycles. The van der Waals surface area contributed by atoms with Gasteiger partial charge in [-0.3, -0.25) is 4.79 Å². The smallest absolute Gasteiger partial charge is 0.147 e. The van der Waals surface area contributed by atoms with Crippen LogP contribution in [-0.2, 0) is 4.79 Å². The number of Topliss-reactive ketones (excluding diaryl/α,β-unsaturated/α-hetero) is 1. The average Bonchev–Trinajstić information content (AvgIpc) is 2.16. The number of rotatable bonds is 3. The summed E-state index contributed by atoms with van der Waals surface area (Å²) in [6.07, 6.45) is 2.02. The summed E-state index contributed by atoms with van der Waals surface area (Å²) >= 11 is 5.03. The van der Waals surface area contributed by atoms with Gasteiger partial charge in [-0.05, 0) is 30.9 Å². The van der Waals surface area contributed by atoms with Gasteiger partial charge in [-0.2, -0.15) is 0 Å². The summed E-state index contributed by atoms with van der Waals surface area (Å²) in [6.45, 7) is 1.59. The zero-order valence-electron chi connectivity index (χ0n) is 7.58. The summed E-state index contributed by atoms with van der Waals surface area (Å²) in [6, 6.07) is 8.00. The van der Waals surface area contributed by atoms with Crippen molar-refractivity contribution in [2.45, 2.75) is 16.6 Å². The monoisotopic (exact) mass is 258 g/mol. The minimum atomic E-state index is -0.167. The van der Waals surface area contributed by atoms with Crippen molar-refractivity contribution in [1.82, 2.24) is 0 Å². The molecule has 0 fully saturated rings. The Kier molecular flexibility index (Phi) is 4.00. The van der Waals surface area contributed by atoms with E-state index in [1.165, 1.54) is 4.90 Å². The fraction of sp³-hybridized carbons (Fsp3) is 0.300. The van der Waals surface area contributed by atoms with Crippen LogP contribution < -0.4 is 0 Å². The number of hydrogen-bond donors (Lipinski definition) is 0. The zero-order valence-corrected chi connectivity index (χ0v) is 9.98. The van der Waals surface area contributed by atoms with E-state index in [1.807, 2.05) is 30.5 Å². The van der Waals surface area contributed by atoms with Crippen LogP contribution in [0.5, 0.6) is 0 Å². The van der Waals surface area contributed by atoms with E-state index >= 15 is 0 Å². The second kappa shape index (κ2) is 4.82. The van der Waals surface area contributed by atoms with Gasteiger partial charge < -0.3 is 0 Å². The third-order valence-corrected chi connectivity index (χ3v) is 3.64. The van der Waals surface area contributed by atoms with E-state index in [1.54, 1.807) is 18.7 Å². The Morgan fingerprint density at radius 2 is 2.23 bits per heavy atom.